The van der Waals surface area contributed by atoms with Crippen LogP contribution in [0.3, 0.4) is 0 Å². The maximum atomic E-state index is 12.2. The number of allylic oxidation sites excluding steroid dienone is 2. The van der Waals surface area contributed by atoms with Crippen molar-refractivity contribution in [3.05, 3.63) is 47.7 Å². The number of hydrogen-bond donors (Lipinski definition) is 0. The molecule has 1 aliphatic carbocycles. The predicted molar refractivity (Wildman–Crippen MR) is 72.8 cm³/mol. The predicted octanol–water partition coefficient (Wildman–Crippen LogP) is 3.01. The monoisotopic (exact) mass is 258 g/mol. The lowest BCUT2D eigenvalue weighted by molar-refractivity contribution is -0.116. The summed E-state index contributed by atoms with van der Waals surface area (Å²) in [5.41, 5.74) is 0.583. The smallest absolute Gasteiger partial charge is 0.174 e. The van der Waals surface area contributed by atoms with Gasteiger partial charge in [-0.05, 0) is 5.92 Å². The van der Waals surface area contributed by atoms with Crippen molar-refractivity contribution in [2.75, 3.05) is 6.61 Å². The molecule has 1 aromatic carbocycles. The molecule has 0 saturated carbocycles. The molecule has 1 aromatic rings. The Labute approximate surface area is 113 Å². The summed E-state index contributed by atoms with van der Waals surface area (Å²) in [6.07, 6.45) is 1.85. The van der Waals surface area contributed by atoms with Crippen molar-refractivity contribution in [1.29, 1.82) is 0 Å². The molecule has 0 aliphatic heterocycles. The minimum atomic E-state index is -0.607. The summed E-state index contributed by atoms with van der Waals surface area (Å²) in [6, 6.07) is 8.93. The molecule has 0 bridgehead atoms. The maximum absolute atomic E-state index is 12.2. The van der Waals surface area contributed by atoms with Crippen LogP contribution < -0.4 is 0 Å². The Hall–Kier alpha value is -1.90. The molecule has 0 spiro atoms. The first-order valence-corrected chi connectivity index (χ1v) is 6.54. The zero-order chi connectivity index (χ0) is 13.8. The fourth-order valence-corrected chi connectivity index (χ4v) is 2.02. The van der Waals surface area contributed by atoms with Crippen LogP contribution in [0.4, 0.5) is 0 Å². The molecule has 1 unspecified atom stereocenters. The number of rotatable bonds is 5. The Morgan fingerprint density at radius 2 is 2.00 bits per heavy atom. The van der Waals surface area contributed by atoms with E-state index in [0.29, 0.717) is 30.3 Å². The van der Waals surface area contributed by atoms with Gasteiger partial charge < -0.3 is 4.74 Å². The SMILES string of the molecule is CC(C)COC1=CC(=O)C(C(=O)c2ccccc2)C1. The minimum Gasteiger partial charge on any atom is -0.498 e. The maximum Gasteiger partial charge on any atom is 0.174 e. The van der Waals surface area contributed by atoms with E-state index >= 15 is 0 Å². The first-order valence-electron chi connectivity index (χ1n) is 6.54. The van der Waals surface area contributed by atoms with Crippen LogP contribution >= 0.6 is 0 Å². The van der Waals surface area contributed by atoms with Crippen molar-refractivity contribution in [2.24, 2.45) is 11.8 Å². The fraction of sp³-hybridized carbons (Fsp3) is 0.375. The molecule has 0 saturated heterocycles. The van der Waals surface area contributed by atoms with E-state index in [2.05, 4.69) is 0 Å². The van der Waals surface area contributed by atoms with Crippen LogP contribution in [0.2, 0.25) is 0 Å². The number of Topliss-reactive ketones (excluding diaryl/α,β-unsaturated/α-hetero) is 1. The molecule has 19 heavy (non-hydrogen) atoms. The van der Waals surface area contributed by atoms with Crippen molar-refractivity contribution < 1.29 is 14.3 Å². The highest BCUT2D eigenvalue weighted by atomic mass is 16.5. The van der Waals surface area contributed by atoms with Gasteiger partial charge in [-0.15, -0.1) is 0 Å². The fourth-order valence-electron chi connectivity index (χ4n) is 2.02. The Kier molecular flexibility index (Phi) is 4.15. The first kappa shape index (κ1) is 13.5. The quantitative estimate of drug-likeness (QED) is 0.602. The van der Waals surface area contributed by atoms with Gasteiger partial charge in [-0.1, -0.05) is 44.2 Å². The second-order valence-corrected chi connectivity index (χ2v) is 5.20. The lowest BCUT2D eigenvalue weighted by Gasteiger charge is -2.11. The standard InChI is InChI=1S/C16H18O3/c1-11(2)10-19-13-8-14(15(17)9-13)16(18)12-6-4-3-5-7-12/h3-7,9,11,14H,8,10H2,1-2H3. The summed E-state index contributed by atoms with van der Waals surface area (Å²) >= 11 is 0. The van der Waals surface area contributed by atoms with E-state index in [-0.39, 0.29) is 11.6 Å². The van der Waals surface area contributed by atoms with Gasteiger partial charge in [0.2, 0.25) is 0 Å². The van der Waals surface area contributed by atoms with E-state index in [1.54, 1.807) is 24.3 Å². The molecular weight excluding hydrogens is 240 g/mol. The summed E-state index contributed by atoms with van der Waals surface area (Å²) in [6.45, 7) is 4.67. The average molecular weight is 258 g/mol. The number of ether oxygens (including phenoxy) is 1. The highest BCUT2D eigenvalue weighted by Crippen LogP contribution is 2.26. The van der Waals surface area contributed by atoms with Crippen LogP contribution in [0.1, 0.15) is 30.6 Å². The van der Waals surface area contributed by atoms with E-state index in [1.165, 1.54) is 6.08 Å². The molecule has 0 amide bonds. The van der Waals surface area contributed by atoms with E-state index < -0.39 is 5.92 Å². The minimum absolute atomic E-state index is 0.120. The van der Waals surface area contributed by atoms with Crippen LogP contribution in [0.5, 0.6) is 0 Å². The summed E-state index contributed by atoms with van der Waals surface area (Å²) in [7, 11) is 0. The molecule has 2 rings (SSSR count). The van der Waals surface area contributed by atoms with E-state index in [0.717, 1.165) is 0 Å². The third-order valence-corrected chi connectivity index (χ3v) is 3.03. The number of carbonyl (C=O) groups excluding carboxylic acids is 2. The number of carbonyl (C=O) groups is 2. The van der Waals surface area contributed by atoms with Gasteiger partial charge in [-0.25, -0.2) is 0 Å². The summed E-state index contributed by atoms with van der Waals surface area (Å²) in [4.78, 5) is 24.1. The second kappa shape index (κ2) is 5.83. The lowest BCUT2D eigenvalue weighted by atomic mass is 9.95. The summed E-state index contributed by atoms with van der Waals surface area (Å²) in [5.74, 6) is 0.162. The number of benzene rings is 1. The lowest BCUT2D eigenvalue weighted by Crippen LogP contribution is -2.19. The van der Waals surface area contributed by atoms with Crippen LogP contribution in [-0.4, -0.2) is 18.2 Å². The van der Waals surface area contributed by atoms with Crippen LogP contribution in [0.15, 0.2) is 42.2 Å². The van der Waals surface area contributed by atoms with Crippen molar-refractivity contribution in [1.82, 2.24) is 0 Å². The molecule has 3 nitrogen and oxygen atoms in total. The zero-order valence-corrected chi connectivity index (χ0v) is 11.3. The van der Waals surface area contributed by atoms with Crippen molar-refractivity contribution >= 4 is 11.6 Å². The molecule has 0 fully saturated rings. The van der Waals surface area contributed by atoms with Crippen molar-refractivity contribution in [3.8, 4) is 0 Å². The van der Waals surface area contributed by atoms with E-state index in [1.807, 2.05) is 19.9 Å². The summed E-state index contributed by atoms with van der Waals surface area (Å²) < 4.78 is 5.54. The highest BCUT2D eigenvalue weighted by Gasteiger charge is 2.33. The Morgan fingerprint density at radius 1 is 1.32 bits per heavy atom. The van der Waals surface area contributed by atoms with Crippen molar-refractivity contribution in [3.63, 3.8) is 0 Å². The van der Waals surface area contributed by atoms with Gasteiger partial charge in [0.25, 0.3) is 0 Å². The van der Waals surface area contributed by atoms with Crippen LogP contribution in [0, 0.1) is 11.8 Å². The highest BCUT2D eigenvalue weighted by molar-refractivity contribution is 6.15. The molecule has 3 heteroatoms. The first-order chi connectivity index (χ1) is 9.08. The van der Waals surface area contributed by atoms with Gasteiger partial charge in [-0.3, -0.25) is 9.59 Å². The Morgan fingerprint density at radius 3 is 2.63 bits per heavy atom. The molecule has 0 N–H and O–H groups in total. The molecule has 0 aromatic heterocycles. The van der Waals surface area contributed by atoms with Crippen LogP contribution in [0.25, 0.3) is 0 Å². The molecule has 0 radical (unpaired) electrons. The third-order valence-electron chi connectivity index (χ3n) is 3.03. The van der Waals surface area contributed by atoms with Gasteiger partial charge >= 0.3 is 0 Å². The van der Waals surface area contributed by atoms with E-state index in [4.69, 9.17) is 4.74 Å². The van der Waals surface area contributed by atoms with Crippen molar-refractivity contribution in [2.45, 2.75) is 20.3 Å². The molecule has 0 heterocycles. The summed E-state index contributed by atoms with van der Waals surface area (Å²) in [5, 5.41) is 0. The molecular formula is C16H18O3. The van der Waals surface area contributed by atoms with E-state index in [9.17, 15) is 9.59 Å². The molecule has 1 aliphatic rings. The molecule has 100 valence electrons. The van der Waals surface area contributed by atoms with Gasteiger partial charge in [0.05, 0.1) is 12.5 Å². The Balaban J connectivity index is 2.01. The van der Waals surface area contributed by atoms with Crippen LogP contribution in [-0.2, 0) is 9.53 Å². The van der Waals surface area contributed by atoms with Gasteiger partial charge in [0.1, 0.15) is 5.76 Å². The molecule has 1 atom stereocenters. The second-order valence-electron chi connectivity index (χ2n) is 5.20. The normalized spacial score (nSPS) is 18.6. The largest absolute Gasteiger partial charge is 0.498 e. The van der Waals surface area contributed by atoms with Gasteiger partial charge in [-0.2, -0.15) is 0 Å². The topological polar surface area (TPSA) is 43.4 Å². The third kappa shape index (κ3) is 3.31. The Bertz CT molecular complexity index is 500. The van der Waals surface area contributed by atoms with Gasteiger partial charge in [0, 0.05) is 18.1 Å². The average Bonchev–Trinajstić information content (AvgIpc) is 2.78. The van der Waals surface area contributed by atoms with Gasteiger partial charge in [0.15, 0.2) is 11.6 Å². The number of ketones is 2. The number of hydrogen-bond acceptors (Lipinski definition) is 3. The zero-order valence-electron chi connectivity index (χ0n) is 11.3.